The van der Waals surface area contributed by atoms with Crippen LogP contribution in [0.1, 0.15) is 23.5 Å². The van der Waals surface area contributed by atoms with Crippen molar-refractivity contribution in [2.45, 2.75) is 18.9 Å². The van der Waals surface area contributed by atoms with Crippen LogP contribution in [0.3, 0.4) is 0 Å². The van der Waals surface area contributed by atoms with Crippen LogP contribution >= 0.6 is 0 Å². The van der Waals surface area contributed by atoms with Crippen molar-refractivity contribution in [1.82, 2.24) is 9.47 Å². The van der Waals surface area contributed by atoms with Gasteiger partial charge in [-0.25, -0.2) is 0 Å². The first-order chi connectivity index (χ1) is 10.8. The summed E-state index contributed by atoms with van der Waals surface area (Å²) in [6.45, 7) is 3.34. The van der Waals surface area contributed by atoms with E-state index >= 15 is 0 Å². The molecule has 0 spiro atoms. The molecule has 1 atom stereocenters. The number of hydrogen-bond acceptors (Lipinski definition) is 1. The number of rotatable bonds is 3. The van der Waals surface area contributed by atoms with Gasteiger partial charge in [-0.1, -0.05) is 48.5 Å². The first-order valence-corrected chi connectivity index (χ1v) is 8.11. The van der Waals surface area contributed by atoms with E-state index in [4.69, 9.17) is 0 Å². The standard InChI is InChI=1S/C20H22N2/c1-21-12-11-17(14-21)19-15-22(13-16-7-3-2-4-8-16)20-10-6-5-9-18(19)20/h2-10,15,17H,11-14H2,1H3. The van der Waals surface area contributed by atoms with E-state index in [-0.39, 0.29) is 0 Å². The fraction of sp³-hybridized carbons (Fsp3) is 0.300. The molecule has 1 aromatic heterocycles. The summed E-state index contributed by atoms with van der Waals surface area (Å²) in [6, 6.07) is 19.6. The second-order valence-corrected chi connectivity index (χ2v) is 6.46. The van der Waals surface area contributed by atoms with Crippen molar-refractivity contribution in [2.75, 3.05) is 20.1 Å². The summed E-state index contributed by atoms with van der Waals surface area (Å²) < 4.78 is 2.42. The molecule has 2 heterocycles. The van der Waals surface area contributed by atoms with Gasteiger partial charge in [-0.3, -0.25) is 0 Å². The lowest BCUT2D eigenvalue weighted by molar-refractivity contribution is 0.412. The van der Waals surface area contributed by atoms with Gasteiger partial charge >= 0.3 is 0 Å². The molecule has 3 aromatic rings. The smallest absolute Gasteiger partial charge is 0.0486 e. The largest absolute Gasteiger partial charge is 0.343 e. The Bertz CT molecular complexity index is 773. The minimum atomic E-state index is 0.673. The van der Waals surface area contributed by atoms with E-state index in [0.717, 1.165) is 6.54 Å². The SMILES string of the molecule is CN1CCC(c2cn(Cc3ccccc3)c3ccccc23)C1. The third kappa shape index (κ3) is 2.44. The zero-order valence-corrected chi connectivity index (χ0v) is 13.1. The maximum Gasteiger partial charge on any atom is 0.0486 e. The minimum absolute atomic E-state index is 0.673. The Kier molecular flexibility index (Phi) is 3.47. The van der Waals surface area contributed by atoms with Gasteiger partial charge in [-0.15, -0.1) is 0 Å². The molecule has 1 saturated heterocycles. The Labute approximate surface area is 132 Å². The average Bonchev–Trinajstić information content (AvgIpc) is 3.13. The fourth-order valence-electron chi connectivity index (χ4n) is 3.70. The predicted octanol–water partition coefficient (Wildman–Crippen LogP) is 4.11. The van der Waals surface area contributed by atoms with Crippen molar-refractivity contribution >= 4 is 10.9 Å². The van der Waals surface area contributed by atoms with Crippen LogP contribution in [-0.2, 0) is 6.54 Å². The molecule has 2 aromatic carbocycles. The van der Waals surface area contributed by atoms with Gasteiger partial charge in [0.25, 0.3) is 0 Å². The van der Waals surface area contributed by atoms with Gasteiger partial charge in [0.05, 0.1) is 0 Å². The third-order valence-electron chi connectivity index (χ3n) is 4.85. The summed E-state index contributed by atoms with van der Waals surface area (Å²) in [5.74, 6) is 0.673. The molecular weight excluding hydrogens is 268 g/mol. The molecule has 4 rings (SSSR count). The molecule has 112 valence electrons. The highest BCUT2D eigenvalue weighted by Gasteiger charge is 2.24. The number of benzene rings is 2. The van der Waals surface area contributed by atoms with Gasteiger partial charge in [0.15, 0.2) is 0 Å². The predicted molar refractivity (Wildman–Crippen MR) is 92.3 cm³/mol. The highest BCUT2D eigenvalue weighted by atomic mass is 15.1. The lowest BCUT2D eigenvalue weighted by Gasteiger charge is -2.09. The summed E-state index contributed by atoms with van der Waals surface area (Å²) in [7, 11) is 2.23. The van der Waals surface area contributed by atoms with E-state index in [1.54, 1.807) is 0 Å². The van der Waals surface area contributed by atoms with E-state index < -0.39 is 0 Å². The van der Waals surface area contributed by atoms with Crippen LogP contribution < -0.4 is 0 Å². The Morgan fingerprint density at radius 1 is 1.00 bits per heavy atom. The second kappa shape index (κ2) is 5.62. The van der Waals surface area contributed by atoms with Crippen LogP contribution in [0.4, 0.5) is 0 Å². The quantitative estimate of drug-likeness (QED) is 0.705. The molecule has 1 aliphatic rings. The van der Waals surface area contributed by atoms with Crippen LogP contribution in [0.2, 0.25) is 0 Å². The van der Waals surface area contributed by atoms with Crippen molar-refractivity contribution < 1.29 is 0 Å². The number of likely N-dealkylation sites (tertiary alicyclic amines) is 1. The van der Waals surface area contributed by atoms with Crippen LogP contribution in [0.25, 0.3) is 10.9 Å². The molecule has 0 amide bonds. The third-order valence-corrected chi connectivity index (χ3v) is 4.85. The number of likely N-dealkylation sites (N-methyl/N-ethyl adjacent to an activating group) is 1. The van der Waals surface area contributed by atoms with Crippen LogP contribution in [0, 0.1) is 0 Å². The first-order valence-electron chi connectivity index (χ1n) is 8.11. The van der Waals surface area contributed by atoms with E-state index in [2.05, 4.69) is 77.3 Å². The molecule has 0 saturated carbocycles. The lowest BCUT2D eigenvalue weighted by Crippen LogP contribution is -2.13. The van der Waals surface area contributed by atoms with E-state index in [0.29, 0.717) is 5.92 Å². The van der Waals surface area contributed by atoms with Crippen LogP contribution in [-0.4, -0.2) is 29.6 Å². The Morgan fingerprint density at radius 3 is 2.55 bits per heavy atom. The molecule has 1 unspecified atom stereocenters. The lowest BCUT2D eigenvalue weighted by atomic mass is 9.98. The van der Waals surface area contributed by atoms with E-state index in [9.17, 15) is 0 Å². The van der Waals surface area contributed by atoms with Crippen molar-refractivity contribution in [3.8, 4) is 0 Å². The van der Waals surface area contributed by atoms with Gasteiger partial charge < -0.3 is 9.47 Å². The molecule has 1 fully saturated rings. The summed E-state index contributed by atoms with van der Waals surface area (Å²) in [4.78, 5) is 2.44. The minimum Gasteiger partial charge on any atom is -0.343 e. The molecule has 0 aliphatic carbocycles. The summed E-state index contributed by atoms with van der Waals surface area (Å²) in [5.41, 5.74) is 4.24. The number of aromatic nitrogens is 1. The van der Waals surface area contributed by atoms with Crippen molar-refractivity contribution in [3.63, 3.8) is 0 Å². The van der Waals surface area contributed by atoms with E-state index in [1.165, 1.54) is 41.5 Å². The zero-order valence-electron chi connectivity index (χ0n) is 13.1. The molecular formula is C20H22N2. The van der Waals surface area contributed by atoms with Crippen molar-refractivity contribution in [3.05, 3.63) is 71.9 Å². The first kappa shape index (κ1) is 13.6. The zero-order chi connectivity index (χ0) is 14.9. The van der Waals surface area contributed by atoms with Crippen LogP contribution in [0.5, 0.6) is 0 Å². The van der Waals surface area contributed by atoms with Gasteiger partial charge in [-0.2, -0.15) is 0 Å². The maximum absolute atomic E-state index is 2.44. The molecule has 22 heavy (non-hydrogen) atoms. The fourth-order valence-corrected chi connectivity index (χ4v) is 3.70. The number of nitrogens with zero attached hydrogens (tertiary/aromatic N) is 2. The Balaban J connectivity index is 1.76. The molecule has 2 nitrogen and oxygen atoms in total. The number of fused-ring (bicyclic) bond motifs is 1. The van der Waals surface area contributed by atoms with Gasteiger partial charge in [0.1, 0.15) is 0 Å². The maximum atomic E-state index is 2.44. The Hall–Kier alpha value is -2.06. The topological polar surface area (TPSA) is 8.17 Å². The molecule has 0 radical (unpaired) electrons. The number of para-hydroxylation sites is 1. The monoisotopic (exact) mass is 290 g/mol. The molecule has 0 N–H and O–H groups in total. The summed E-state index contributed by atoms with van der Waals surface area (Å²) in [5, 5.41) is 1.43. The van der Waals surface area contributed by atoms with Crippen molar-refractivity contribution in [2.24, 2.45) is 0 Å². The molecule has 2 heteroatoms. The van der Waals surface area contributed by atoms with Crippen LogP contribution in [0.15, 0.2) is 60.8 Å². The normalized spacial score (nSPS) is 19.0. The Morgan fingerprint density at radius 2 is 1.77 bits per heavy atom. The van der Waals surface area contributed by atoms with Crippen molar-refractivity contribution in [1.29, 1.82) is 0 Å². The summed E-state index contributed by atoms with van der Waals surface area (Å²) >= 11 is 0. The average molecular weight is 290 g/mol. The van der Waals surface area contributed by atoms with Gasteiger partial charge in [0, 0.05) is 30.2 Å². The highest BCUT2D eigenvalue weighted by molar-refractivity contribution is 5.84. The van der Waals surface area contributed by atoms with E-state index in [1.807, 2.05) is 0 Å². The number of hydrogen-bond donors (Lipinski definition) is 0. The highest BCUT2D eigenvalue weighted by Crippen LogP contribution is 2.33. The van der Waals surface area contributed by atoms with Gasteiger partial charge in [0.2, 0.25) is 0 Å². The molecule has 1 aliphatic heterocycles. The molecule has 0 bridgehead atoms. The summed E-state index contributed by atoms with van der Waals surface area (Å²) in [6.07, 6.45) is 3.66. The van der Waals surface area contributed by atoms with Gasteiger partial charge in [-0.05, 0) is 43.1 Å². The second-order valence-electron chi connectivity index (χ2n) is 6.46.